The normalized spacial score (nSPS) is 15.6. The number of hydrogen-bond donors (Lipinski definition) is 2. The van der Waals surface area contributed by atoms with E-state index in [4.69, 9.17) is 0 Å². The molecule has 1 aromatic carbocycles. The SMILES string of the molecule is CC(=O)N[C@@H](Cc1c[nH]c2ccccc12)C(=O)N1CCN(Cc2cc(=O)n3ccsc3n2)CC1. The van der Waals surface area contributed by atoms with Gasteiger partial charge in [-0.1, -0.05) is 18.2 Å². The largest absolute Gasteiger partial charge is 0.361 e. The van der Waals surface area contributed by atoms with Gasteiger partial charge in [0.25, 0.3) is 5.56 Å². The van der Waals surface area contributed by atoms with E-state index in [1.54, 1.807) is 16.7 Å². The van der Waals surface area contributed by atoms with Crippen LogP contribution in [0.1, 0.15) is 18.2 Å². The molecule has 4 aromatic rings. The fraction of sp³-hybridized carbons (Fsp3) is 0.333. The van der Waals surface area contributed by atoms with Gasteiger partial charge in [-0.2, -0.15) is 0 Å². The number of thiazole rings is 1. The summed E-state index contributed by atoms with van der Waals surface area (Å²) in [5.41, 5.74) is 2.67. The molecule has 176 valence electrons. The molecule has 4 heterocycles. The van der Waals surface area contributed by atoms with E-state index >= 15 is 0 Å². The highest BCUT2D eigenvalue weighted by molar-refractivity contribution is 7.15. The van der Waals surface area contributed by atoms with Gasteiger partial charge in [-0.15, -0.1) is 11.3 Å². The molecule has 0 saturated carbocycles. The van der Waals surface area contributed by atoms with Gasteiger partial charge in [-0.3, -0.25) is 23.7 Å². The summed E-state index contributed by atoms with van der Waals surface area (Å²) >= 11 is 1.44. The molecule has 1 aliphatic heterocycles. The Bertz CT molecular complexity index is 1400. The Hall–Kier alpha value is -3.50. The Kier molecular flexibility index (Phi) is 6.16. The Labute approximate surface area is 200 Å². The summed E-state index contributed by atoms with van der Waals surface area (Å²) in [5, 5.41) is 5.75. The molecule has 34 heavy (non-hydrogen) atoms. The summed E-state index contributed by atoms with van der Waals surface area (Å²) in [5.74, 6) is -0.297. The molecule has 5 rings (SSSR count). The second-order valence-electron chi connectivity index (χ2n) is 8.56. The molecule has 0 radical (unpaired) electrons. The Morgan fingerprint density at radius 2 is 2.00 bits per heavy atom. The van der Waals surface area contributed by atoms with Crippen molar-refractivity contribution < 1.29 is 9.59 Å². The van der Waals surface area contributed by atoms with Gasteiger partial charge in [-0.25, -0.2) is 4.98 Å². The minimum atomic E-state index is -0.619. The fourth-order valence-corrected chi connectivity index (χ4v) is 5.25. The van der Waals surface area contributed by atoms with Crippen molar-refractivity contribution in [1.82, 2.24) is 29.5 Å². The standard InChI is InChI=1S/C24H26N6O3S/c1-16(31)26-21(12-17-14-25-20-5-3-2-4-19(17)20)23(33)29-8-6-28(7-9-29)15-18-13-22(32)30-10-11-34-24(30)27-18/h2-5,10-11,13-14,21,25H,6-9,12,15H2,1H3,(H,26,31)/t21-/m0/s1. The third-order valence-electron chi connectivity index (χ3n) is 6.20. The number of para-hydroxylation sites is 1. The van der Waals surface area contributed by atoms with Crippen molar-refractivity contribution in [1.29, 1.82) is 0 Å². The smallest absolute Gasteiger partial charge is 0.258 e. The van der Waals surface area contributed by atoms with Crippen LogP contribution in [-0.2, 0) is 22.6 Å². The van der Waals surface area contributed by atoms with Crippen molar-refractivity contribution in [2.24, 2.45) is 0 Å². The highest BCUT2D eigenvalue weighted by Gasteiger charge is 2.29. The number of amides is 2. The zero-order chi connectivity index (χ0) is 23.7. The number of fused-ring (bicyclic) bond motifs is 2. The van der Waals surface area contributed by atoms with Crippen LogP contribution in [0.25, 0.3) is 15.9 Å². The molecule has 1 saturated heterocycles. The van der Waals surface area contributed by atoms with E-state index in [9.17, 15) is 14.4 Å². The Morgan fingerprint density at radius 3 is 2.79 bits per heavy atom. The summed E-state index contributed by atoms with van der Waals surface area (Å²) in [6.45, 7) is 4.48. The lowest BCUT2D eigenvalue weighted by Crippen LogP contribution is -2.55. The van der Waals surface area contributed by atoms with E-state index < -0.39 is 6.04 Å². The van der Waals surface area contributed by atoms with E-state index in [0.717, 1.165) is 22.2 Å². The number of carbonyl (C=O) groups excluding carboxylic acids is 2. The number of nitrogens with one attached hydrogen (secondary N) is 2. The molecule has 2 amide bonds. The van der Waals surface area contributed by atoms with Gasteiger partial charge in [0.1, 0.15) is 6.04 Å². The third-order valence-corrected chi connectivity index (χ3v) is 6.96. The Balaban J connectivity index is 1.24. The van der Waals surface area contributed by atoms with E-state index in [2.05, 4.69) is 20.2 Å². The highest BCUT2D eigenvalue weighted by atomic mass is 32.1. The fourth-order valence-electron chi connectivity index (χ4n) is 4.51. The summed E-state index contributed by atoms with van der Waals surface area (Å²) in [4.78, 5) is 50.0. The van der Waals surface area contributed by atoms with Crippen LogP contribution in [0.15, 0.2) is 52.9 Å². The van der Waals surface area contributed by atoms with Gasteiger partial charge in [-0.05, 0) is 11.6 Å². The van der Waals surface area contributed by atoms with Gasteiger partial charge in [0.15, 0.2) is 4.96 Å². The molecule has 9 nitrogen and oxygen atoms in total. The zero-order valence-electron chi connectivity index (χ0n) is 18.9. The summed E-state index contributed by atoms with van der Waals surface area (Å²) in [6, 6.07) is 8.89. The van der Waals surface area contributed by atoms with Gasteiger partial charge >= 0.3 is 0 Å². The molecule has 3 aromatic heterocycles. The predicted octanol–water partition coefficient (Wildman–Crippen LogP) is 1.63. The van der Waals surface area contributed by atoms with E-state index in [0.29, 0.717) is 44.1 Å². The van der Waals surface area contributed by atoms with E-state index in [1.807, 2.05) is 40.7 Å². The molecule has 0 bridgehead atoms. The van der Waals surface area contributed by atoms with Gasteiger partial charge in [0.2, 0.25) is 11.8 Å². The van der Waals surface area contributed by atoms with E-state index in [1.165, 1.54) is 18.3 Å². The second-order valence-corrected chi connectivity index (χ2v) is 9.43. The number of benzene rings is 1. The predicted molar refractivity (Wildman–Crippen MR) is 131 cm³/mol. The minimum absolute atomic E-state index is 0.0727. The quantitative estimate of drug-likeness (QED) is 0.439. The molecule has 1 aliphatic rings. The number of aromatic amines is 1. The minimum Gasteiger partial charge on any atom is -0.361 e. The zero-order valence-corrected chi connectivity index (χ0v) is 19.7. The topological polar surface area (TPSA) is 103 Å². The average molecular weight is 479 g/mol. The van der Waals surface area contributed by atoms with Crippen molar-refractivity contribution in [3.63, 3.8) is 0 Å². The number of carbonyl (C=O) groups is 2. The van der Waals surface area contributed by atoms with Crippen molar-refractivity contribution in [2.75, 3.05) is 26.2 Å². The summed E-state index contributed by atoms with van der Waals surface area (Å²) in [7, 11) is 0. The molecule has 1 atom stereocenters. The van der Waals surface area contributed by atoms with Crippen LogP contribution in [0.5, 0.6) is 0 Å². The molecule has 10 heteroatoms. The maximum atomic E-state index is 13.4. The van der Waals surface area contributed by atoms with E-state index in [-0.39, 0.29) is 17.4 Å². The van der Waals surface area contributed by atoms with Crippen LogP contribution in [0.3, 0.4) is 0 Å². The molecule has 0 spiro atoms. The van der Waals surface area contributed by atoms with Gasteiger partial charge < -0.3 is 15.2 Å². The molecule has 0 unspecified atom stereocenters. The van der Waals surface area contributed by atoms with Gasteiger partial charge in [0.05, 0.1) is 5.69 Å². The van der Waals surface area contributed by atoms with Crippen molar-refractivity contribution in [2.45, 2.75) is 25.9 Å². The van der Waals surface area contributed by atoms with Crippen LogP contribution in [-0.4, -0.2) is 68.2 Å². The number of hydrogen-bond acceptors (Lipinski definition) is 6. The number of rotatable bonds is 6. The molecule has 1 fully saturated rings. The highest BCUT2D eigenvalue weighted by Crippen LogP contribution is 2.20. The third kappa shape index (κ3) is 4.59. The number of aromatic nitrogens is 3. The average Bonchev–Trinajstić information content (AvgIpc) is 3.46. The first kappa shape index (κ1) is 22.3. The molecule has 2 N–H and O–H groups in total. The lowest BCUT2D eigenvalue weighted by Gasteiger charge is -2.36. The van der Waals surface area contributed by atoms with Crippen LogP contribution in [0.4, 0.5) is 0 Å². The first-order valence-electron chi connectivity index (χ1n) is 11.3. The molecular weight excluding hydrogens is 452 g/mol. The molecule has 0 aliphatic carbocycles. The Morgan fingerprint density at radius 1 is 1.21 bits per heavy atom. The van der Waals surface area contributed by atoms with Crippen molar-refractivity contribution in [3.05, 3.63) is 69.7 Å². The summed E-state index contributed by atoms with van der Waals surface area (Å²) < 4.78 is 1.54. The first-order valence-corrected chi connectivity index (χ1v) is 12.1. The lowest BCUT2D eigenvalue weighted by molar-refractivity contribution is -0.137. The maximum Gasteiger partial charge on any atom is 0.258 e. The van der Waals surface area contributed by atoms with Crippen LogP contribution in [0.2, 0.25) is 0 Å². The van der Waals surface area contributed by atoms with Gasteiger partial charge in [0, 0.05) is 80.8 Å². The molecular formula is C24H26N6O3S. The second kappa shape index (κ2) is 9.40. The monoisotopic (exact) mass is 478 g/mol. The number of nitrogens with zero attached hydrogens (tertiary/aromatic N) is 4. The summed E-state index contributed by atoms with van der Waals surface area (Å²) in [6.07, 6.45) is 4.06. The lowest BCUT2D eigenvalue weighted by atomic mass is 10.0. The van der Waals surface area contributed by atoms with Crippen LogP contribution in [0, 0.1) is 0 Å². The van der Waals surface area contributed by atoms with Crippen LogP contribution < -0.4 is 10.9 Å². The number of H-pyrrole nitrogens is 1. The van der Waals surface area contributed by atoms with Crippen LogP contribution >= 0.6 is 11.3 Å². The number of piperazine rings is 1. The first-order chi connectivity index (χ1) is 16.5. The van der Waals surface area contributed by atoms with Crippen molar-refractivity contribution in [3.8, 4) is 0 Å². The maximum absolute atomic E-state index is 13.4. The van der Waals surface area contributed by atoms with Crippen molar-refractivity contribution >= 4 is 39.0 Å².